The Morgan fingerprint density at radius 2 is 1.90 bits per heavy atom. The van der Waals surface area contributed by atoms with E-state index in [0.29, 0.717) is 21.1 Å². The summed E-state index contributed by atoms with van der Waals surface area (Å²) in [5.74, 6) is 0.0816. The van der Waals surface area contributed by atoms with Crippen LogP contribution < -0.4 is 5.73 Å². The van der Waals surface area contributed by atoms with Crippen molar-refractivity contribution < 1.29 is 20.1 Å². The molecular weight excluding hydrogens is 321 g/mol. The second-order valence-electron chi connectivity index (χ2n) is 4.82. The lowest BCUT2D eigenvalue weighted by Crippen LogP contribution is -2.33. The van der Waals surface area contributed by atoms with Crippen molar-refractivity contribution in [3.05, 3.63) is 22.2 Å². The molecule has 21 heavy (non-hydrogen) atoms. The van der Waals surface area contributed by atoms with Gasteiger partial charge in [0.2, 0.25) is 5.95 Å². The molecule has 1 fully saturated rings. The van der Waals surface area contributed by atoms with Gasteiger partial charge in [-0.2, -0.15) is 0 Å². The minimum absolute atomic E-state index is 0.0816. The molecule has 9 heteroatoms. The van der Waals surface area contributed by atoms with Crippen molar-refractivity contribution in [1.82, 2.24) is 9.55 Å². The van der Waals surface area contributed by atoms with Gasteiger partial charge in [-0.25, -0.2) is 4.98 Å². The lowest BCUT2D eigenvalue weighted by molar-refractivity contribution is -0.0498. The van der Waals surface area contributed by atoms with Gasteiger partial charge in [-0.15, -0.1) is 0 Å². The molecule has 5 N–H and O–H groups in total. The van der Waals surface area contributed by atoms with Crippen LogP contribution in [-0.2, 0) is 4.74 Å². The molecule has 7 nitrogen and oxygen atoms in total. The zero-order valence-electron chi connectivity index (χ0n) is 10.6. The molecule has 4 atom stereocenters. The molecule has 0 radical (unpaired) electrons. The first-order valence-electron chi connectivity index (χ1n) is 6.19. The Kier molecular flexibility index (Phi) is 3.73. The maximum atomic E-state index is 10.1. The molecule has 1 aliphatic heterocycles. The summed E-state index contributed by atoms with van der Waals surface area (Å²) >= 11 is 11.9. The number of benzene rings is 1. The Morgan fingerprint density at radius 3 is 2.52 bits per heavy atom. The summed E-state index contributed by atoms with van der Waals surface area (Å²) in [6.07, 6.45) is -4.35. The van der Waals surface area contributed by atoms with E-state index in [1.807, 2.05) is 0 Å². The van der Waals surface area contributed by atoms with E-state index in [1.54, 1.807) is 12.1 Å². The molecule has 0 bridgehead atoms. The van der Waals surface area contributed by atoms with Crippen molar-refractivity contribution in [2.45, 2.75) is 24.5 Å². The molecule has 2 heterocycles. The molecule has 0 amide bonds. The quantitative estimate of drug-likeness (QED) is 0.637. The van der Waals surface area contributed by atoms with E-state index >= 15 is 0 Å². The van der Waals surface area contributed by atoms with E-state index in [1.165, 1.54) is 4.57 Å². The van der Waals surface area contributed by atoms with Crippen LogP contribution in [0.25, 0.3) is 11.0 Å². The number of imidazole rings is 1. The van der Waals surface area contributed by atoms with Crippen LogP contribution >= 0.6 is 23.2 Å². The van der Waals surface area contributed by atoms with E-state index in [9.17, 15) is 10.2 Å². The van der Waals surface area contributed by atoms with Crippen LogP contribution in [0, 0.1) is 0 Å². The number of nitrogens with two attached hydrogens (primary N) is 1. The van der Waals surface area contributed by atoms with Crippen LogP contribution in [0.2, 0.25) is 10.0 Å². The van der Waals surface area contributed by atoms with Crippen molar-refractivity contribution in [2.24, 2.45) is 0 Å². The van der Waals surface area contributed by atoms with E-state index in [-0.39, 0.29) is 5.95 Å². The van der Waals surface area contributed by atoms with Crippen LogP contribution in [0.4, 0.5) is 5.95 Å². The summed E-state index contributed by atoms with van der Waals surface area (Å²) in [5.41, 5.74) is 6.85. The summed E-state index contributed by atoms with van der Waals surface area (Å²) in [4.78, 5) is 4.13. The second kappa shape index (κ2) is 5.28. The van der Waals surface area contributed by atoms with Gasteiger partial charge in [-0.05, 0) is 12.1 Å². The molecule has 2 aromatic rings. The molecule has 0 saturated carbocycles. The van der Waals surface area contributed by atoms with Crippen LogP contribution in [-0.4, -0.2) is 49.8 Å². The normalized spacial score (nSPS) is 29.4. The van der Waals surface area contributed by atoms with Gasteiger partial charge in [0.25, 0.3) is 0 Å². The molecule has 3 rings (SSSR count). The largest absolute Gasteiger partial charge is 0.394 e. The predicted molar refractivity (Wildman–Crippen MR) is 77.2 cm³/mol. The van der Waals surface area contributed by atoms with Gasteiger partial charge in [0.1, 0.15) is 18.3 Å². The molecule has 0 unspecified atom stereocenters. The Bertz CT molecular complexity index is 693. The molecule has 1 aliphatic rings. The number of aliphatic hydroxyl groups excluding tert-OH is 3. The minimum atomic E-state index is -1.25. The SMILES string of the molecule is Nc1nc2cc(Cl)c(Cl)cc2n1[C@H]1O[C@@H](CO)[C@H](O)[C@@H]1O. The summed E-state index contributed by atoms with van der Waals surface area (Å²) in [6, 6.07) is 3.10. The lowest BCUT2D eigenvalue weighted by atomic mass is 10.1. The number of hydrogen-bond donors (Lipinski definition) is 4. The highest BCUT2D eigenvalue weighted by Gasteiger charge is 2.44. The number of nitrogen functional groups attached to an aromatic ring is 1. The van der Waals surface area contributed by atoms with Gasteiger partial charge in [0.15, 0.2) is 6.23 Å². The Labute approximate surface area is 129 Å². The van der Waals surface area contributed by atoms with Crippen molar-refractivity contribution in [3.63, 3.8) is 0 Å². The van der Waals surface area contributed by atoms with Gasteiger partial charge in [-0.1, -0.05) is 23.2 Å². The summed E-state index contributed by atoms with van der Waals surface area (Å²) in [7, 11) is 0. The first-order valence-corrected chi connectivity index (χ1v) is 6.94. The van der Waals surface area contributed by atoms with E-state index in [4.69, 9.17) is 38.8 Å². The van der Waals surface area contributed by atoms with E-state index in [0.717, 1.165) is 0 Å². The number of aromatic nitrogens is 2. The first kappa shape index (κ1) is 14.8. The predicted octanol–water partition coefficient (Wildman–Crippen LogP) is 0.537. The van der Waals surface area contributed by atoms with Crippen molar-refractivity contribution in [3.8, 4) is 0 Å². The van der Waals surface area contributed by atoms with Crippen molar-refractivity contribution in [1.29, 1.82) is 0 Å². The zero-order valence-corrected chi connectivity index (χ0v) is 12.2. The third kappa shape index (κ3) is 2.26. The molecule has 1 saturated heterocycles. The van der Waals surface area contributed by atoms with Crippen LogP contribution in [0.5, 0.6) is 0 Å². The van der Waals surface area contributed by atoms with Gasteiger partial charge in [0.05, 0.1) is 27.7 Å². The van der Waals surface area contributed by atoms with E-state index < -0.39 is 31.1 Å². The molecule has 114 valence electrons. The third-order valence-corrected chi connectivity index (χ3v) is 4.25. The van der Waals surface area contributed by atoms with E-state index in [2.05, 4.69) is 4.98 Å². The van der Waals surface area contributed by atoms with Gasteiger partial charge in [-0.3, -0.25) is 4.57 Å². The fourth-order valence-corrected chi connectivity index (χ4v) is 2.79. The smallest absolute Gasteiger partial charge is 0.203 e. The standard InChI is InChI=1S/C12H13Cl2N3O4/c13-4-1-6-7(2-5(4)14)17(12(15)16-6)11-10(20)9(19)8(3-18)21-11/h1-2,8-11,18-20H,3H2,(H2,15,16)/t8-,9-,10-,11-/m0/s1. The average Bonchev–Trinajstić information content (AvgIpc) is 2.89. The number of fused-ring (bicyclic) bond motifs is 1. The van der Waals surface area contributed by atoms with Crippen molar-refractivity contribution in [2.75, 3.05) is 12.3 Å². The van der Waals surface area contributed by atoms with Crippen LogP contribution in [0.15, 0.2) is 12.1 Å². The molecule has 0 aliphatic carbocycles. The molecule has 1 aromatic carbocycles. The number of halogens is 2. The first-order chi connectivity index (χ1) is 9.93. The molecule has 1 aromatic heterocycles. The van der Waals surface area contributed by atoms with Gasteiger partial charge >= 0.3 is 0 Å². The fraction of sp³-hybridized carbons (Fsp3) is 0.417. The number of nitrogens with zero attached hydrogens (tertiary/aromatic N) is 2. The Hall–Kier alpha value is -1.09. The van der Waals surface area contributed by atoms with Crippen molar-refractivity contribution >= 4 is 40.2 Å². The highest BCUT2D eigenvalue weighted by atomic mass is 35.5. The Balaban J connectivity index is 2.12. The second-order valence-corrected chi connectivity index (χ2v) is 5.64. The minimum Gasteiger partial charge on any atom is -0.394 e. The third-order valence-electron chi connectivity index (χ3n) is 3.53. The monoisotopic (exact) mass is 333 g/mol. The summed E-state index contributed by atoms with van der Waals surface area (Å²) < 4.78 is 6.87. The summed E-state index contributed by atoms with van der Waals surface area (Å²) in [5, 5.41) is 29.7. The summed E-state index contributed by atoms with van der Waals surface area (Å²) in [6.45, 7) is -0.423. The number of ether oxygens (including phenoxy) is 1. The topological polar surface area (TPSA) is 114 Å². The van der Waals surface area contributed by atoms with Gasteiger partial charge < -0.3 is 25.8 Å². The van der Waals surface area contributed by atoms with Crippen LogP contribution in [0.3, 0.4) is 0 Å². The molecule has 0 spiro atoms. The fourth-order valence-electron chi connectivity index (χ4n) is 2.47. The highest BCUT2D eigenvalue weighted by molar-refractivity contribution is 6.42. The number of anilines is 1. The zero-order chi connectivity index (χ0) is 15.3. The number of rotatable bonds is 2. The number of hydrogen-bond acceptors (Lipinski definition) is 6. The van der Waals surface area contributed by atoms with Gasteiger partial charge in [0, 0.05) is 0 Å². The van der Waals surface area contributed by atoms with Crippen LogP contribution in [0.1, 0.15) is 6.23 Å². The Morgan fingerprint density at radius 1 is 1.24 bits per heavy atom. The molecular formula is C12H13Cl2N3O4. The maximum Gasteiger partial charge on any atom is 0.203 e. The maximum absolute atomic E-state index is 10.1. The lowest BCUT2D eigenvalue weighted by Gasteiger charge is -2.18. The average molecular weight is 334 g/mol. The highest BCUT2D eigenvalue weighted by Crippen LogP contribution is 2.36. The number of aliphatic hydroxyl groups is 3.